The molecule has 92 valence electrons. The average Bonchev–Trinajstić information content (AvgIpc) is 2.48. The molecule has 1 aliphatic rings. The Morgan fingerprint density at radius 3 is 2.12 bits per heavy atom. The van der Waals surface area contributed by atoms with Crippen molar-refractivity contribution in [3.63, 3.8) is 0 Å². The van der Waals surface area contributed by atoms with E-state index in [2.05, 4.69) is 17.1 Å². The minimum Gasteiger partial charge on any atom is -0.399 e. The van der Waals surface area contributed by atoms with E-state index in [1.165, 1.54) is 0 Å². The van der Waals surface area contributed by atoms with Crippen LogP contribution in [0.5, 0.6) is 0 Å². The van der Waals surface area contributed by atoms with Gasteiger partial charge in [-0.3, -0.25) is 0 Å². The van der Waals surface area contributed by atoms with E-state index in [4.69, 9.17) is 9.31 Å². The highest BCUT2D eigenvalue weighted by molar-refractivity contribution is 6.62. The molecule has 1 aromatic heterocycles. The van der Waals surface area contributed by atoms with Crippen LogP contribution >= 0.6 is 0 Å². The van der Waals surface area contributed by atoms with Crippen molar-refractivity contribution in [3.8, 4) is 0 Å². The molecule has 0 radical (unpaired) electrons. The summed E-state index contributed by atoms with van der Waals surface area (Å²) in [6, 6.07) is 0. The van der Waals surface area contributed by atoms with Crippen LogP contribution in [0.15, 0.2) is 12.4 Å². The highest BCUT2D eigenvalue weighted by Gasteiger charge is 2.52. The largest absolute Gasteiger partial charge is 0.496 e. The molecular formula is C12H19BN2O2. The van der Waals surface area contributed by atoms with E-state index in [0.717, 1.165) is 17.4 Å². The van der Waals surface area contributed by atoms with Crippen LogP contribution in [0, 0.1) is 0 Å². The smallest absolute Gasteiger partial charge is 0.399 e. The number of nitrogens with zero attached hydrogens (tertiary/aromatic N) is 2. The molecule has 1 aromatic rings. The van der Waals surface area contributed by atoms with Gasteiger partial charge in [0, 0.05) is 11.7 Å². The Bertz CT molecular complexity index is 405. The lowest BCUT2D eigenvalue weighted by Crippen LogP contribution is -2.41. The molecule has 1 fully saturated rings. The van der Waals surface area contributed by atoms with Crippen LogP contribution in [0.25, 0.3) is 0 Å². The minimum absolute atomic E-state index is 0.314. The Kier molecular flexibility index (Phi) is 3.00. The van der Waals surface area contributed by atoms with Crippen LogP contribution in [0.2, 0.25) is 0 Å². The van der Waals surface area contributed by atoms with Gasteiger partial charge in [0.2, 0.25) is 0 Å². The zero-order valence-corrected chi connectivity index (χ0v) is 11.2. The molecule has 0 saturated carbocycles. The first-order chi connectivity index (χ1) is 7.87. The lowest BCUT2D eigenvalue weighted by Gasteiger charge is -2.32. The van der Waals surface area contributed by atoms with Gasteiger partial charge in [0.25, 0.3) is 0 Å². The maximum absolute atomic E-state index is 6.00. The molecule has 5 heteroatoms. The fourth-order valence-corrected chi connectivity index (χ4v) is 1.83. The number of aromatic nitrogens is 2. The topological polar surface area (TPSA) is 44.2 Å². The van der Waals surface area contributed by atoms with E-state index < -0.39 is 0 Å². The molecule has 0 unspecified atom stereocenters. The molecule has 0 atom stereocenters. The third-order valence-corrected chi connectivity index (χ3v) is 3.74. The quantitative estimate of drug-likeness (QED) is 0.724. The summed E-state index contributed by atoms with van der Waals surface area (Å²) in [5.74, 6) is 0. The van der Waals surface area contributed by atoms with Gasteiger partial charge in [0.1, 0.15) is 0 Å². The summed E-state index contributed by atoms with van der Waals surface area (Å²) in [6.45, 7) is 10.3. The van der Waals surface area contributed by atoms with Crippen molar-refractivity contribution in [2.45, 2.75) is 52.2 Å². The summed E-state index contributed by atoms with van der Waals surface area (Å²) >= 11 is 0. The van der Waals surface area contributed by atoms with E-state index in [9.17, 15) is 0 Å². The van der Waals surface area contributed by atoms with E-state index in [1.807, 2.05) is 27.7 Å². The van der Waals surface area contributed by atoms with E-state index in [0.29, 0.717) is 0 Å². The molecular weight excluding hydrogens is 215 g/mol. The third kappa shape index (κ3) is 2.09. The fraction of sp³-hybridized carbons (Fsp3) is 0.667. The fourth-order valence-electron chi connectivity index (χ4n) is 1.83. The van der Waals surface area contributed by atoms with E-state index in [1.54, 1.807) is 12.4 Å². The molecule has 0 N–H and O–H groups in total. The lowest BCUT2D eigenvalue weighted by atomic mass is 9.77. The van der Waals surface area contributed by atoms with Crippen molar-refractivity contribution in [2.75, 3.05) is 0 Å². The summed E-state index contributed by atoms with van der Waals surface area (Å²) < 4.78 is 12.0. The van der Waals surface area contributed by atoms with Gasteiger partial charge in [0.15, 0.2) is 0 Å². The summed E-state index contributed by atoms with van der Waals surface area (Å²) in [5.41, 5.74) is 1.48. The molecule has 4 nitrogen and oxygen atoms in total. The second kappa shape index (κ2) is 4.07. The predicted octanol–water partition coefficient (Wildman–Crippen LogP) is 1.34. The number of rotatable bonds is 2. The van der Waals surface area contributed by atoms with Crippen molar-refractivity contribution in [2.24, 2.45) is 0 Å². The standard InChI is InChI=1S/C12H19BN2O2/c1-6-9-7-14-15-8-10(9)13-16-11(2,3)12(4,5)17-13/h7-8H,6H2,1-5H3. The van der Waals surface area contributed by atoms with Gasteiger partial charge < -0.3 is 9.31 Å². The van der Waals surface area contributed by atoms with Gasteiger partial charge in [-0.05, 0) is 39.7 Å². The highest BCUT2D eigenvalue weighted by atomic mass is 16.7. The second-order valence-corrected chi connectivity index (χ2v) is 5.41. The maximum atomic E-state index is 6.00. The summed E-state index contributed by atoms with van der Waals surface area (Å²) in [6.07, 6.45) is 4.41. The Balaban J connectivity index is 2.32. The monoisotopic (exact) mass is 234 g/mol. The SMILES string of the molecule is CCc1cnncc1B1OC(C)(C)C(C)(C)O1. The van der Waals surface area contributed by atoms with Gasteiger partial charge >= 0.3 is 7.12 Å². The molecule has 0 bridgehead atoms. The first-order valence-corrected chi connectivity index (χ1v) is 6.02. The Hall–Kier alpha value is -0.935. The number of hydrogen-bond acceptors (Lipinski definition) is 4. The Morgan fingerprint density at radius 1 is 1.06 bits per heavy atom. The summed E-state index contributed by atoms with van der Waals surface area (Å²) in [4.78, 5) is 0. The Labute approximate surface area is 103 Å². The second-order valence-electron chi connectivity index (χ2n) is 5.41. The third-order valence-electron chi connectivity index (χ3n) is 3.74. The minimum atomic E-state index is -0.342. The molecule has 17 heavy (non-hydrogen) atoms. The maximum Gasteiger partial charge on any atom is 0.496 e. The number of hydrogen-bond donors (Lipinski definition) is 0. The zero-order valence-electron chi connectivity index (χ0n) is 11.2. The summed E-state index contributed by atoms with van der Waals surface area (Å²) in [5, 5.41) is 7.82. The van der Waals surface area contributed by atoms with Gasteiger partial charge in [-0.1, -0.05) is 6.92 Å². The normalized spacial score (nSPS) is 21.8. The highest BCUT2D eigenvalue weighted by Crippen LogP contribution is 2.36. The molecule has 0 aromatic carbocycles. The molecule has 2 heterocycles. The predicted molar refractivity (Wildman–Crippen MR) is 67.1 cm³/mol. The van der Waals surface area contributed by atoms with Gasteiger partial charge in [0.05, 0.1) is 17.4 Å². The van der Waals surface area contributed by atoms with Crippen LogP contribution in [-0.2, 0) is 15.7 Å². The van der Waals surface area contributed by atoms with Crippen LogP contribution in [0.3, 0.4) is 0 Å². The van der Waals surface area contributed by atoms with Gasteiger partial charge in [-0.2, -0.15) is 10.2 Å². The van der Waals surface area contributed by atoms with Gasteiger partial charge in [-0.25, -0.2) is 0 Å². The Morgan fingerprint density at radius 2 is 1.59 bits per heavy atom. The average molecular weight is 234 g/mol. The van der Waals surface area contributed by atoms with Crippen molar-refractivity contribution < 1.29 is 9.31 Å². The first kappa shape index (κ1) is 12.5. The molecule has 2 rings (SSSR count). The van der Waals surface area contributed by atoms with Crippen molar-refractivity contribution in [3.05, 3.63) is 18.0 Å². The summed E-state index contributed by atoms with van der Waals surface area (Å²) in [7, 11) is -0.342. The van der Waals surface area contributed by atoms with Crippen LogP contribution in [-0.4, -0.2) is 28.5 Å². The van der Waals surface area contributed by atoms with Crippen molar-refractivity contribution in [1.82, 2.24) is 10.2 Å². The van der Waals surface area contributed by atoms with Crippen LogP contribution in [0.4, 0.5) is 0 Å². The molecule has 1 aliphatic heterocycles. The first-order valence-electron chi connectivity index (χ1n) is 6.02. The van der Waals surface area contributed by atoms with Crippen LogP contribution < -0.4 is 5.46 Å². The van der Waals surface area contributed by atoms with E-state index in [-0.39, 0.29) is 18.3 Å². The molecule has 0 amide bonds. The van der Waals surface area contributed by atoms with Crippen molar-refractivity contribution >= 4 is 12.6 Å². The number of aryl methyl sites for hydroxylation is 1. The lowest BCUT2D eigenvalue weighted by molar-refractivity contribution is 0.00578. The van der Waals surface area contributed by atoms with Crippen molar-refractivity contribution in [1.29, 1.82) is 0 Å². The van der Waals surface area contributed by atoms with Crippen LogP contribution in [0.1, 0.15) is 40.2 Å². The molecule has 1 saturated heterocycles. The van der Waals surface area contributed by atoms with E-state index >= 15 is 0 Å². The van der Waals surface area contributed by atoms with Gasteiger partial charge in [-0.15, -0.1) is 0 Å². The molecule has 0 aliphatic carbocycles. The zero-order chi connectivity index (χ0) is 12.7. The molecule has 0 spiro atoms.